The van der Waals surface area contributed by atoms with Crippen LogP contribution in [0.1, 0.15) is 32.1 Å². The molecule has 3 nitrogen and oxygen atoms in total. The Kier molecular flexibility index (Phi) is 2.94. The second-order valence-electron chi connectivity index (χ2n) is 6.79. The minimum Gasteiger partial charge on any atom is -0.445 e. The van der Waals surface area contributed by atoms with Crippen LogP contribution < -0.4 is 5.32 Å². The zero-order valence-corrected chi connectivity index (χ0v) is 11.6. The number of carbonyl (C=O) groups is 1. The highest BCUT2D eigenvalue weighted by Crippen LogP contribution is 2.54. The van der Waals surface area contributed by atoms with Crippen molar-refractivity contribution in [3.63, 3.8) is 0 Å². The molecule has 4 bridgehead atoms. The van der Waals surface area contributed by atoms with E-state index in [2.05, 4.69) is 5.32 Å². The van der Waals surface area contributed by atoms with Gasteiger partial charge in [0.15, 0.2) is 0 Å². The average molecular weight is 271 g/mol. The van der Waals surface area contributed by atoms with Crippen LogP contribution in [0.25, 0.3) is 0 Å². The normalized spacial score (nSPS) is 37.7. The molecule has 5 rings (SSSR count). The van der Waals surface area contributed by atoms with Crippen molar-refractivity contribution >= 4 is 11.8 Å². The smallest absolute Gasteiger partial charge is 0.411 e. The SMILES string of the molecule is O=C(Nc1ccccc1)OC1C2CC3CC(C2)CC1C3. The Morgan fingerprint density at radius 2 is 1.55 bits per heavy atom. The van der Waals surface area contributed by atoms with Gasteiger partial charge >= 0.3 is 6.09 Å². The van der Waals surface area contributed by atoms with Crippen molar-refractivity contribution in [2.45, 2.75) is 38.2 Å². The zero-order valence-electron chi connectivity index (χ0n) is 11.6. The van der Waals surface area contributed by atoms with Crippen molar-refractivity contribution in [1.29, 1.82) is 0 Å². The Labute approximate surface area is 119 Å². The summed E-state index contributed by atoms with van der Waals surface area (Å²) in [5.74, 6) is 3.06. The molecule has 20 heavy (non-hydrogen) atoms. The molecule has 3 heteroatoms. The maximum absolute atomic E-state index is 12.1. The topological polar surface area (TPSA) is 38.3 Å². The van der Waals surface area contributed by atoms with E-state index < -0.39 is 0 Å². The number of carbonyl (C=O) groups excluding carboxylic acids is 1. The van der Waals surface area contributed by atoms with Crippen LogP contribution in [-0.4, -0.2) is 12.2 Å². The molecule has 0 aliphatic heterocycles. The maximum atomic E-state index is 12.1. The molecule has 4 aliphatic carbocycles. The molecule has 0 spiro atoms. The summed E-state index contributed by atoms with van der Waals surface area (Å²) in [6.07, 6.45) is 6.40. The lowest BCUT2D eigenvalue weighted by Crippen LogP contribution is -2.50. The standard InChI is InChI=1S/C17H21NO2/c19-17(18-15-4-2-1-3-5-15)20-16-13-7-11-6-12(9-13)10-14(16)8-11/h1-5,11-14,16H,6-10H2,(H,18,19). The van der Waals surface area contributed by atoms with Crippen molar-refractivity contribution in [3.05, 3.63) is 30.3 Å². The molecule has 0 heterocycles. The number of benzene rings is 1. The van der Waals surface area contributed by atoms with Crippen molar-refractivity contribution in [2.75, 3.05) is 5.32 Å². The van der Waals surface area contributed by atoms with Gasteiger partial charge < -0.3 is 4.74 Å². The zero-order chi connectivity index (χ0) is 13.5. The minimum atomic E-state index is -0.284. The first-order valence-corrected chi connectivity index (χ1v) is 7.80. The van der Waals surface area contributed by atoms with Crippen LogP contribution >= 0.6 is 0 Å². The Morgan fingerprint density at radius 1 is 0.950 bits per heavy atom. The van der Waals surface area contributed by atoms with Gasteiger partial charge in [0.2, 0.25) is 0 Å². The van der Waals surface area contributed by atoms with Crippen LogP contribution in [0.15, 0.2) is 30.3 Å². The summed E-state index contributed by atoms with van der Waals surface area (Å²) in [4.78, 5) is 12.1. The molecule has 4 fully saturated rings. The monoisotopic (exact) mass is 271 g/mol. The molecule has 0 unspecified atom stereocenters. The fourth-order valence-electron chi connectivity index (χ4n) is 4.86. The first kappa shape index (κ1) is 12.2. The molecular formula is C17H21NO2. The molecule has 1 amide bonds. The highest BCUT2D eigenvalue weighted by atomic mass is 16.6. The molecule has 1 aromatic rings. The second-order valence-corrected chi connectivity index (χ2v) is 6.79. The van der Waals surface area contributed by atoms with Gasteiger partial charge in [-0.25, -0.2) is 4.79 Å². The molecular weight excluding hydrogens is 250 g/mol. The van der Waals surface area contributed by atoms with Crippen LogP contribution in [-0.2, 0) is 4.74 Å². The fraction of sp³-hybridized carbons (Fsp3) is 0.588. The molecule has 4 aliphatic rings. The highest BCUT2D eigenvalue weighted by molar-refractivity contribution is 5.84. The minimum absolute atomic E-state index is 0.159. The number of nitrogens with one attached hydrogen (secondary N) is 1. The number of hydrogen-bond acceptors (Lipinski definition) is 2. The van der Waals surface area contributed by atoms with Gasteiger partial charge in [0, 0.05) is 5.69 Å². The Bertz CT molecular complexity index is 471. The molecule has 0 radical (unpaired) electrons. The molecule has 106 valence electrons. The molecule has 0 aromatic heterocycles. The number of hydrogen-bond donors (Lipinski definition) is 1. The van der Waals surface area contributed by atoms with Crippen LogP contribution in [0.2, 0.25) is 0 Å². The Hall–Kier alpha value is -1.51. The summed E-state index contributed by atoms with van der Waals surface area (Å²) in [5.41, 5.74) is 0.807. The molecule has 0 saturated heterocycles. The fourth-order valence-corrected chi connectivity index (χ4v) is 4.86. The number of ether oxygens (including phenoxy) is 1. The molecule has 0 atom stereocenters. The summed E-state index contributed by atoms with van der Waals surface area (Å²) in [6.45, 7) is 0. The third-order valence-electron chi connectivity index (χ3n) is 5.40. The van der Waals surface area contributed by atoms with Crippen LogP contribution in [0.4, 0.5) is 10.5 Å². The quantitative estimate of drug-likeness (QED) is 0.881. The van der Waals surface area contributed by atoms with Gasteiger partial charge in [-0.05, 0) is 67.9 Å². The number of para-hydroxylation sites is 1. The second kappa shape index (κ2) is 4.80. The van der Waals surface area contributed by atoms with Gasteiger partial charge in [-0.1, -0.05) is 18.2 Å². The summed E-state index contributed by atoms with van der Waals surface area (Å²) < 4.78 is 5.78. The molecule has 1 aromatic carbocycles. The predicted octanol–water partition coefficient (Wildman–Crippen LogP) is 4.06. The average Bonchev–Trinajstić information content (AvgIpc) is 2.43. The summed E-state index contributed by atoms with van der Waals surface area (Å²) in [6, 6.07) is 9.54. The van der Waals surface area contributed by atoms with Gasteiger partial charge in [0.25, 0.3) is 0 Å². The van der Waals surface area contributed by atoms with Crippen LogP contribution in [0, 0.1) is 23.7 Å². The van der Waals surface area contributed by atoms with Crippen LogP contribution in [0.5, 0.6) is 0 Å². The summed E-state index contributed by atoms with van der Waals surface area (Å²) in [7, 11) is 0. The summed E-state index contributed by atoms with van der Waals surface area (Å²) >= 11 is 0. The lowest BCUT2D eigenvalue weighted by Gasteiger charge is -2.53. The van der Waals surface area contributed by atoms with Crippen molar-refractivity contribution in [2.24, 2.45) is 23.7 Å². The van der Waals surface area contributed by atoms with Gasteiger partial charge in [0.05, 0.1) is 0 Å². The van der Waals surface area contributed by atoms with E-state index >= 15 is 0 Å². The van der Waals surface area contributed by atoms with Crippen LogP contribution in [0.3, 0.4) is 0 Å². The maximum Gasteiger partial charge on any atom is 0.411 e. The van der Waals surface area contributed by atoms with E-state index in [1.807, 2.05) is 30.3 Å². The van der Waals surface area contributed by atoms with Gasteiger partial charge in [0.1, 0.15) is 6.10 Å². The van der Waals surface area contributed by atoms with Crippen molar-refractivity contribution < 1.29 is 9.53 Å². The lowest BCUT2D eigenvalue weighted by molar-refractivity contribution is -0.0933. The lowest BCUT2D eigenvalue weighted by atomic mass is 9.55. The van der Waals surface area contributed by atoms with E-state index in [1.54, 1.807) is 0 Å². The van der Waals surface area contributed by atoms with E-state index in [0.717, 1.165) is 17.5 Å². The van der Waals surface area contributed by atoms with Crippen molar-refractivity contribution in [1.82, 2.24) is 0 Å². The number of rotatable bonds is 2. The van der Waals surface area contributed by atoms with E-state index in [9.17, 15) is 4.79 Å². The first-order valence-electron chi connectivity index (χ1n) is 7.80. The van der Waals surface area contributed by atoms with E-state index in [0.29, 0.717) is 11.8 Å². The van der Waals surface area contributed by atoms with E-state index in [1.165, 1.54) is 32.1 Å². The summed E-state index contributed by atoms with van der Waals surface area (Å²) in [5, 5.41) is 2.84. The van der Waals surface area contributed by atoms with E-state index in [-0.39, 0.29) is 12.2 Å². The highest BCUT2D eigenvalue weighted by Gasteiger charge is 2.49. The van der Waals surface area contributed by atoms with Gasteiger partial charge in [-0.3, -0.25) is 5.32 Å². The van der Waals surface area contributed by atoms with E-state index in [4.69, 9.17) is 4.74 Å². The third kappa shape index (κ3) is 2.19. The largest absolute Gasteiger partial charge is 0.445 e. The first-order chi connectivity index (χ1) is 9.78. The predicted molar refractivity (Wildman–Crippen MR) is 77.4 cm³/mol. The van der Waals surface area contributed by atoms with Gasteiger partial charge in [-0.2, -0.15) is 0 Å². The Morgan fingerprint density at radius 3 is 2.15 bits per heavy atom. The molecule has 4 saturated carbocycles. The van der Waals surface area contributed by atoms with Gasteiger partial charge in [-0.15, -0.1) is 0 Å². The third-order valence-corrected chi connectivity index (χ3v) is 5.40. The number of amides is 1. The molecule has 1 N–H and O–H groups in total. The Balaban J connectivity index is 1.40. The number of anilines is 1. The van der Waals surface area contributed by atoms with Crippen molar-refractivity contribution in [3.8, 4) is 0 Å².